The molecule has 112 valence electrons. The van der Waals surface area contributed by atoms with Crippen LogP contribution in [0.3, 0.4) is 0 Å². The molecule has 1 aromatic rings. The van der Waals surface area contributed by atoms with Crippen molar-refractivity contribution in [3.63, 3.8) is 0 Å². The molecule has 0 aromatic heterocycles. The number of rotatable bonds is 5. The normalized spacial score (nSPS) is 14.7. The monoisotopic (exact) mass is 276 g/mol. The number of amides is 1. The topological polar surface area (TPSA) is 55.1 Å². The van der Waals surface area contributed by atoms with Gasteiger partial charge in [0.1, 0.15) is 0 Å². The molecule has 0 aliphatic heterocycles. The lowest BCUT2D eigenvalue weighted by Gasteiger charge is -2.21. The van der Waals surface area contributed by atoms with Gasteiger partial charge in [0.25, 0.3) is 0 Å². The molecule has 3 N–H and O–H groups in total. The highest BCUT2D eigenvalue weighted by Crippen LogP contribution is 2.23. The zero-order valence-electron chi connectivity index (χ0n) is 13.4. The van der Waals surface area contributed by atoms with Gasteiger partial charge in [-0.2, -0.15) is 0 Å². The molecule has 3 nitrogen and oxygen atoms in total. The Bertz CT molecular complexity index is 431. The third-order valence-corrected chi connectivity index (χ3v) is 3.57. The van der Waals surface area contributed by atoms with E-state index in [9.17, 15) is 4.79 Å². The SMILES string of the molecule is CCC[C@H](N)C(=O)NC(C)c1ccc(C(C)(C)C)cc1. The van der Waals surface area contributed by atoms with E-state index in [2.05, 4.69) is 50.4 Å². The van der Waals surface area contributed by atoms with Crippen LogP contribution >= 0.6 is 0 Å². The second-order valence-corrected chi connectivity index (χ2v) is 6.50. The van der Waals surface area contributed by atoms with Gasteiger partial charge in [-0.15, -0.1) is 0 Å². The maximum atomic E-state index is 11.9. The number of carbonyl (C=O) groups excluding carboxylic acids is 1. The first kappa shape index (κ1) is 16.7. The van der Waals surface area contributed by atoms with E-state index < -0.39 is 6.04 Å². The highest BCUT2D eigenvalue weighted by Gasteiger charge is 2.17. The van der Waals surface area contributed by atoms with Crippen molar-refractivity contribution in [1.29, 1.82) is 0 Å². The summed E-state index contributed by atoms with van der Waals surface area (Å²) < 4.78 is 0. The Balaban J connectivity index is 2.69. The van der Waals surface area contributed by atoms with Crippen LogP contribution in [-0.4, -0.2) is 11.9 Å². The minimum absolute atomic E-state index is 0.0144. The first-order chi connectivity index (χ1) is 9.25. The lowest BCUT2D eigenvalue weighted by atomic mass is 9.86. The standard InChI is InChI=1S/C17H28N2O/c1-6-7-15(18)16(20)19-12(2)13-8-10-14(11-9-13)17(3,4)5/h8-12,15H,6-7,18H2,1-5H3,(H,19,20)/t12?,15-/m0/s1. The lowest BCUT2D eigenvalue weighted by molar-refractivity contribution is -0.123. The number of hydrogen-bond acceptors (Lipinski definition) is 2. The summed E-state index contributed by atoms with van der Waals surface area (Å²) in [6.07, 6.45) is 1.64. The summed E-state index contributed by atoms with van der Waals surface area (Å²) in [5, 5.41) is 2.98. The van der Waals surface area contributed by atoms with Crippen molar-refractivity contribution in [3.05, 3.63) is 35.4 Å². The molecular formula is C17H28N2O. The maximum Gasteiger partial charge on any atom is 0.237 e. The average molecular weight is 276 g/mol. The summed E-state index contributed by atoms with van der Waals surface area (Å²) in [4.78, 5) is 11.9. The molecule has 2 atom stereocenters. The molecule has 1 rings (SSSR count). The van der Waals surface area contributed by atoms with Crippen LogP contribution in [0.1, 0.15) is 64.6 Å². The number of benzene rings is 1. The molecule has 0 bridgehead atoms. The van der Waals surface area contributed by atoms with Gasteiger partial charge in [0.2, 0.25) is 5.91 Å². The molecule has 0 aliphatic rings. The second-order valence-electron chi connectivity index (χ2n) is 6.50. The predicted octanol–water partition coefficient (Wildman–Crippen LogP) is 3.29. The zero-order chi connectivity index (χ0) is 15.3. The van der Waals surface area contributed by atoms with Crippen LogP contribution in [0.25, 0.3) is 0 Å². The average Bonchev–Trinajstić information content (AvgIpc) is 2.38. The highest BCUT2D eigenvalue weighted by atomic mass is 16.2. The fourth-order valence-corrected chi connectivity index (χ4v) is 2.12. The third-order valence-electron chi connectivity index (χ3n) is 3.57. The minimum Gasteiger partial charge on any atom is -0.348 e. The fraction of sp³-hybridized carbons (Fsp3) is 0.588. The first-order valence-electron chi connectivity index (χ1n) is 7.42. The van der Waals surface area contributed by atoms with Crippen LogP contribution in [0.5, 0.6) is 0 Å². The molecule has 0 spiro atoms. The van der Waals surface area contributed by atoms with Crippen molar-refractivity contribution < 1.29 is 4.79 Å². The van der Waals surface area contributed by atoms with Gasteiger partial charge in [-0.3, -0.25) is 4.79 Å². The van der Waals surface area contributed by atoms with Crippen LogP contribution in [0.4, 0.5) is 0 Å². The number of nitrogens with one attached hydrogen (secondary N) is 1. The molecule has 0 heterocycles. The molecule has 0 saturated carbocycles. The van der Waals surface area contributed by atoms with Gasteiger partial charge in [0.15, 0.2) is 0 Å². The van der Waals surface area contributed by atoms with E-state index in [0.717, 1.165) is 18.4 Å². The Morgan fingerprint density at radius 1 is 1.25 bits per heavy atom. The highest BCUT2D eigenvalue weighted by molar-refractivity contribution is 5.81. The molecule has 1 amide bonds. The third kappa shape index (κ3) is 4.64. The summed E-state index contributed by atoms with van der Waals surface area (Å²) in [7, 11) is 0. The van der Waals surface area contributed by atoms with Gasteiger partial charge in [0, 0.05) is 0 Å². The largest absolute Gasteiger partial charge is 0.348 e. The van der Waals surface area contributed by atoms with Crippen LogP contribution in [0, 0.1) is 0 Å². The Morgan fingerprint density at radius 3 is 2.25 bits per heavy atom. The minimum atomic E-state index is -0.406. The van der Waals surface area contributed by atoms with Gasteiger partial charge in [-0.05, 0) is 29.9 Å². The Labute approximate surface area is 122 Å². The predicted molar refractivity (Wildman–Crippen MR) is 84.6 cm³/mol. The summed E-state index contributed by atoms with van der Waals surface area (Å²) in [5.41, 5.74) is 8.37. The zero-order valence-corrected chi connectivity index (χ0v) is 13.4. The Morgan fingerprint density at radius 2 is 1.80 bits per heavy atom. The molecule has 0 saturated heterocycles. The van der Waals surface area contributed by atoms with Crippen molar-refractivity contribution in [3.8, 4) is 0 Å². The summed E-state index contributed by atoms with van der Waals surface area (Å²) in [6.45, 7) is 10.6. The Kier molecular flexibility index (Phi) is 5.75. The van der Waals surface area contributed by atoms with Gasteiger partial charge in [0.05, 0.1) is 12.1 Å². The van der Waals surface area contributed by atoms with E-state index in [-0.39, 0.29) is 17.4 Å². The smallest absolute Gasteiger partial charge is 0.237 e. The van der Waals surface area contributed by atoms with Crippen molar-refractivity contribution in [2.45, 2.75) is 65.0 Å². The van der Waals surface area contributed by atoms with Crippen LogP contribution < -0.4 is 11.1 Å². The second kappa shape index (κ2) is 6.89. The van der Waals surface area contributed by atoms with Crippen molar-refractivity contribution in [2.75, 3.05) is 0 Å². The summed E-state index contributed by atoms with van der Waals surface area (Å²) in [5.74, 6) is -0.0701. The van der Waals surface area contributed by atoms with Gasteiger partial charge in [-0.25, -0.2) is 0 Å². The van der Waals surface area contributed by atoms with Gasteiger partial charge >= 0.3 is 0 Å². The van der Waals surface area contributed by atoms with Crippen molar-refractivity contribution in [2.24, 2.45) is 5.73 Å². The molecule has 3 heteroatoms. The van der Waals surface area contributed by atoms with Gasteiger partial charge in [-0.1, -0.05) is 58.4 Å². The number of carbonyl (C=O) groups is 1. The van der Waals surface area contributed by atoms with Crippen LogP contribution in [0.2, 0.25) is 0 Å². The molecule has 1 aromatic carbocycles. The van der Waals surface area contributed by atoms with E-state index in [1.807, 2.05) is 13.8 Å². The molecule has 0 aliphatic carbocycles. The first-order valence-corrected chi connectivity index (χ1v) is 7.42. The maximum absolute atomic E-state index is 11.9. The molecule has 1 unspecified atom stereocenters. The van der Waals surface area contributed by atoms with E-state index >= 15 is 0 Å². The lowest BCUT2D eigenvalue weighted by Crippen LogP contribution is -2.41. The van der Waals surface area contributed by atoms with E-state index in [1.165, 1.54) is 5.56 Å². The summed E-state index contributed by atoms with van der Waals surface area (Å²) >= 11 is 0. The Hall–Kier alpha value is -1.35. The molecule has 0 radical (unpaired) electrons. The summed E-state index contributed by atoms with van der Waals surface area (Å²) in [6, 6.07) is 8.00. The van der Waals surface area contributed by atoms with E-state index in [1.54, 1.807) is 0 Å². The van der Waals surface area contributed by atoms with E-state index in [4.69, 9.17) is 5.73 Å². The number of nitrogens with two attached hydrogens (primary N) is 1. The van der Waals surface area contributed by atoms with Gasteiger partial charge < -0.3 is 11.1 Å². The van der Waals surface area contributed by atoms with Crippen LogP contribution in [-0.2, 0) is 10.2 Å². The van der Waals surface area contributed by atoms with Crippen molar-refractivity contribution >= 4 is 5.91 Å². The van der Waals surface area contributed by atoms with E-state index in [0.29, 0.717) is 0 Å². The fourth-order valence-electron chi connectivity index (χ4n) is 2.12. The quantitative estimate of drug-likeness (QED) is 0.867. The van der Waals surface area contributed by atoms with Crippen molar-refractivity contribution in [1.82, 2.24) is 5.32 Å². The molecule has 0 fully saturated rings. The molecule has 20 heavy (non-hydrogen) atoms. The van der Waals surface area contributed by atoms with Crippen LogP contribution in [0.15, 0.2) is 24.3 Å². The number of hydrogen-bond donors (Lipinski definition) is 2. The molecular weight excluding hydrogens is 248 g/mol.